The lowest BCUT2D eigenvalue weighted by atomic mass is 10.0. The number of amides is 1. The molecule has 0 aliphatic carbocycles. The van der Waals surface area contributed by atoms with Crippen molar-refractivity contribution in [1.82, 2.24) is 9.80 Å². The first-order chi connectivity index (χ1) is 13.0. The summed E-state index contributed by atoms with van der Waals surface area (Å²) in [5, 5.41) is 0.745. The number of hydrogen-bond acceptors (Lipinski definition) is 3. The fourth-order valence-electron chi connectivity index (χ4n) is 3.27. The first kappa shape index (κ1) is 19.6. The summed E-state index contributed by atoms with van der Waals surface area (Å²) in [7, 11) is 0. The third-order valence-electron chi connectivity index (χ3n) is 4.98. The van der Waals surface area contributed by atoms with Crippen LogP contribution in [0.25, 0.3) is 0 Å². The average Bonchev–Trinajstić information content (AvgIpc) is 2.69. The first-order valence-electron chi connectivity index (χ1n) is 9.36. The molecule has 0 radical (unpaired) electrons. The number of ketones is 1. The van der Waals surface area contributed by atoms with E-state index >= 15 is 0 Å². The highest BCUT2D eigenvalue weighted by Crippen LogP contribution is 2.14. The van der Waals surface area contributed by atoms with Crippen LogP contribution in [0.2, 0.25) is 5.02 Å². The standard InChI is InChI=1S/C22H25ClN2O2/c1-17-2-6-19(7-3-17)21(26)10-11-22(27)25-14-12-24(13-15-25)16-18-4-8-20(23)9-5-18/h2-9H,10-16H2,1H3. The zero-order valence-corrected chi connectivity index (χ0v) is 16.4. The molecule has 1 aliphatic heterocycles. The molecule has 142 valence electrons. The van der Waals surface area contributed by atoms with E-state index in [1.165, 1.54) is 5.56 Å². The van der Waals surface area contributed by atoms with Gasteiger partial charge >= 0.3 is 0 Å². The van der Waals surface area contributed by atoms with Crippen LogP contribution in [0.5, 0.6) is 0 Å². The number of carbonyl (C=O) groups is 2. The smallest absolute Gasteiger partial charge is 0.223 e. The number of rotatable bonds is 6. The summed E-state index contributed by atoms with van der Waals surface area (Å²) in [6, 6.07) is 15.4. The van der Waals surface area contributed by atoms with Crippen LogP contribution in [0.4, 0.5) is 0 Å². The Morgan fingerprint density at radius 1 is 0.889 bits per heavy atom. The Kier molecular flexibility index (Phi) is 6.64. The van der Waals surface area contributed by atoms with Gasteiger partial charge in [0.1, 0.15) is 0 Å². The molecule has 2 aromatic rings. The number of aryl methyl sites for hydroxylation is 1. The molecule has 1 amide bonds. The summed E-state index contributed by atoms with van der Waals surface area (Å²) in [5.41, 5.74) is 3.03. The lowest BCUT2D eigenvalue weighted by molar-refractivity contribution is -0.132. The van der Waals surface area contributed by atoms with Crippen molar-refractivity contribution in [2.75, 3.05) is 26.2 Å². The molecule has 1 aliphatic rings. The van der Waals surface area contributed by atoms with E-state index in [4.69, 9.17) is 11.6 Å². The van der Waals surface area contributed by atoms with Gasteiger partial charge in [-0.2, -0.15) is 0 Å². The second-order valence-corrected chi connectivity index (χ2v) is 7.51. The van der Waals surface area contributed by atoms with Gasteiger partial charge in [0.2, 0.25) is 5.91 Å². The maximum absolute atomic E-state index is 12.4. The molecule has 27 heavy (non-hydrogen) atoms. The molecule has 0 N–H and O–H groups in total. The highest BCUT2D eigenvalue weighted by molar-refractivity contribution is 6.30. The Morgan fingerprint density at radius 3 is 2.15 bits per heavy atom. The van der Waals surface area contributed by atoms with Crippen molar-refractivity contribution in [2.45, 2.75) is 26.3 Å². The number of benzene rings is 2. The summed E-state index contributed by atoms with van der Waals surface area (Å²) < 4.78 is 0. The molecule has 2 aromatic carbocycles. The second-order valence-electron chi connectivity index (χ2n) is 7.07. The van der Waals surface area contributed by atoms with Crippen LogP contribution in [0.15, 0.2) is 48.5 Å². The van der Waals surface area contributed by atoms with Gasteiger partial charge in [0, 0.05) is 56.2 Å². The molecule has 0 atom stereocenters. The van der Waals surface area contributed by atoms with E-state index < -0.39 is 0 Å². The van der Waals surface area contributed by atoms with Gasteiger partial charge in [-0.05, 0) is 24.6 Å². The summed E-state index contributed by atoms with van der Waals surface area (Å²) in [6.07, 6.45) is 0.552. The minimum Gasteiger partial charge on any atom is -0.340 e. The molecule has 3 rings (SSSR count). The lowest BCUT2D eigenvalue weighted by Crippen LogP contribution is -2.48. The number of carbonyl (C=O) groups excluding carboxylic acids is 2. The molecular formula is C22H25ClN2O2. The molecule has 4 nitrogen and oxygen atoms in total. The zero-order chi connectivity index (χ0) is 19.2. The minimum atomic E-state index is 0.0322. The van der Waals surface area contributed by atoms with Crippen LogP contribution in [0.1, 0.15) is 34.3 Å². The summed E-state index contributed by atoms with van der Waals surface area (Å²) in [4.78, 5) is 28.9. The van der Waals surface area contributed by atoms with Gasteiger partial charge in [0.25, 0.3) is 0 Å². The quantitative estimate of drug-likeness (QED) is 0.708. The molecule has 0 bridgehead atoms. The summed E-state index contributed by atoms with van der Waals surface area (Å²) >= 11 is 5.92. The molecule has 5 heteroatoms. The van der Waals surface area contributed by atoms with Crippen LogP contribution in [0.3, 0.4) is 0 Å². The number of hydrogen-bond donors (Lipinski definition) is 0. The Bertz CT molecular complexity index is 779. The maximum Gasteiger partial charge on any atom is 0.223 e. The van der Waals surface area contributed by atoms with Gasteiger partial charge < -0.3 is 4.90 Å². The molecule has 0 spiro atoms. The van der Waals surface area contributed by atoms with Crippen LogP contribution in [-0.4, -0.2) is 47.7 Å². The Morgan fingerprint density at radius 2 is 1.52 bits per heavy atom. The molecule has 0 aromatic heterocycles. The van der Waals surface area contributed by atoms with E-state index in [1.807, 2.05) is 60.4 Å². The van der Waals surface area contributed by atoms with E-state index in [0.29, 0.717) is 18.7 Å². The molecule has 0 saturated carbocycles. The van der Waals surface area contributed by atoms with Crippen molar-refractivity contribution in [3.63, 3.8) is 0 Å². The largest absolute Gasteiger partial charge is 0.340 e. The molecular weight excluding hydrogens is 360 g/mol. The van der Waals surface area contributed by atoms with Crippen molar-refractivity contribution in [2.24, 2.45) is 0 Å². The third-order valence-corrected chi connectivity index (χ3v) is 5.24. The summed E-state index contributed by atoms with van der Waals surface area (Å²) in [5.74, 6) is 0.103. The predicted molar refractivity (Wildman–Crippen MR) is 108 cm³/mol. The van der Waals surface area contributed by atoms with Crippen molar-refractivity contribution in [1.29, 1.82) is 0 Å². The second kappa shape index (κ2) is 9.16. The van der Waals surface area contributed by atoms with E-state index in [-0.39, 0.29) is 24.5 Å². The van der Waals surface area contributed by atoms with Crippen molar-refractivity contribution >= 4 is 23.3 Å². The number of Topliss-reactive ketones (excluding diaryl/α,β-unsaturated/α-hetero) is 1. The SMILES string of the molecule is Cc1ccc(C(=O)CCC(=O)N2CCN(Cc3ccc(Cl)cc3)CC2)cc1. The molecule has 1 fully saturated rings. The van der Waals surface area contributed by atoms with Crippen LogP contribution >= 0.6 is 11.6 Å². The highest BCUT2D eigenvalue weighted by Gasteiger charge is 2.21. The van der Waals surface area contributed by atoms with Crippen molar-refractivity contribution < 1.29 is 9.59 Å². The Balaban J connectivity index is 1.42. The van der Waals surface area contributed by atoms with E-state index in [0.717, 1.165) is 30.2 Å². The number of halogens is 1. The fraction of sp³-hybridized carbons (Fsp3) is 0.364. The molecule has 0 unspecified atom stereocenters. The van der Waals surface area contributed by atoms with Crippen molar-refractivity contribution in [3.8, 4) is 0 Å². The lowest BCUT2D eigenvalue weighted by Gasteiger charge is -2.34. The van der Waals surface area contributed by atoms with Crippen molar-refractivity contribution in [3.05, 3.63) is 70.2 Å². The maximum atomic E-state index is 12.4. The molecule has 1 saturated heterocycles. The molecule has 1 heterocycles. The van der Waals surface area contributed by atoms with Gasteiger partial charge in [0.15, 0.2) is 5.78 Å². The van der Waals surface area contributed by atoms with Gasteiger partial charge in [-0.25, -0.2) is 0 Å². The minimum absolute atomic E-state index is 0.0322. The highest BCUT2D eigenvalue weighted by atomic mass is 35.5. The van der Waals surface area contributed by atoms with Crippen LogP contribution < -0.4 is 0 Å². The third kappa shape index (κ3) is 5.65. The fourth-order valence-corrected chi connectivity index (χ4v) is 3.39. The number of nitrogens with zero attached hydrogens (tertiary/aromatic N) is 2. The zero-order valence-electron chi connectivity index (χ0n) is 15.7. The predicted octanol–water partition coefficient (Wildman–Crippen LogP) is 3.96. The van der Waals surface area contributed by atoms with E-state index in [1.54, 1.807) is 0 Å². The monoisotopic (exact) mass is 384 g/mol. The summed E-state index contributed by atoms with van der Waals surface area (Å²) in [6.45, 7) is 5.98. The van der Waals surface area contributed by atoms with Gasteiger partial charge in [-0.1, -0.05) is 53.6 Å². The Labute approximate surface area is 165 Å². The first-order valence-corrected chi connectivity index (χ1v) is 9.73. The van der Waals surface area contributed by atoms with Crippen LogP contribution in [0, 0.1) is 6.92 Å². The average molecular weight is 385 g/mol. The van der Waals surface area contributed by atoms with E-state index in [9.17, 15) is 9.59 Å². The normalized spacial score (nSPS) is 15.0. The Hall–Kier alpha value is -2.17. The van der Waals surface area contributed by atoms with Gasteiger partial charge in [0.05, 0.1) is 0 Å². The van der Waals surface area contributed by atoms with Gasteiger partial charge in [-0.3, -0.25) is 14.5 Å². The topological polar surface area (TPSA) is 40.6 Å². The van der Waals surface area contributed by atoms with E-state index in [2.05, 4.69) is 4.90 Å². The van der Waals surface area contributed by atoms with Gasteiger partial charge in [-0.15, -0.1) is 0 Å². The van der Waals surface area contributed by atoms with Crippen LogP contribution in [-0.2, 0) is 11.3 Å². The number of piperazine rings is 1.